The molecule has 5 aromatic heterocycles. The quantitative estimate of drug-likeness (QED) is 0.110. The molecule has 324 valence electrons. The van der Waals surface area contributed by atoms with Gasteiger partial charge in [0.2, 0.25) is 11.1 Å². The molecule has 0 radical (unpaired) electrons. The normalized spacial score (nSPS) is 21.0. The second-order valence-electron chi connectivity index (χ2n) is 20.5. The maximum atomic E-state index is 5.19. The highest BCUT2D eigenvalue weighted by Gasteiger charge is 2.60. The minimum absolute atomic E-state index is 0.672. The topological polar surface area (TPSA) is 38.8 Å². The second kappa shape index (κ2) is 11.8. The Hall–Kier alpha value is -8.94. The molecule has 0 N–H and O–H groups in total. The van der Waals surface area contributed by atoms with Crippen molar-refractivity contribution in [1.82, 2.24) is 18.5 Å². The molecule has 8 heterocycles. The Balaban J connectivity index is 1.21. The van der Waals surface area contributed by atoms with E-state index in [0.29, 0.717) is 6.54 Å². The minimum atomic E-state index is -0.950. The van der Waals surface area contributed by atoms with Crippen LogP contribution in [0.5, 0.6) is 0 Å². The molecule has 0 saturated carbocycles. The number of hydrogen-bond acceptors (Lipinski definition) is 1. The summed E-state index contributed by atoms with van der Waals surface area (Å²) >= 11 is 0. The van der Waals surface area contributed by atoms with Gasteiger partial charge in [-0.05, 0) is 115 Å². The van der Waals surface area contributed by atoms with E-state index in [4.69, 9.17) is 4.98 Å². The van der Waals surface area contributed by atoms with Crippen molar-refractivity contribution in [2.45, 2.75) is 17.5 Å². The van der Waals surface area contributed by atoms with Crippen molar-refractivity contribution in [1.29, 1.82) is 0 Å². The van der Waals surface area contributed by atoms with Crippen LogP contribution in [-0.2, 0) is 31.6 Å². The molecule has 0 amide bonds. The average molecular weight is 895 g/mol. The lowest BCUT2D eigenvalue weighted by Gasteiger charge is -2.44. The zero-order chi connectivity index (χ0) is 45.5. The molecule has 0 fully saturated rings. The van der Waals surface area contributed by atoms with Crippen LogP contribution in [0.25, 0.3) is 112 Å². The molecule has 2 atom stereocenters. The first kappa shape index (κ1) is 36.1. The van der Waals surface area contributed by atoms with Crippen LogP contribution in [0.3, 0.4) is 0 Å². The minimum Gasteiger partial charge on any atom is -0.294 e. The fraction of sp³-hybridized carbons (Fsp3) is 0.0794. The molecule has 0 saturated heterocycles. The van der Waals surface area contributed by atoms with Gasteiger partial charge >= 0.3 is 0 Å². The molecule has 2 spiro atoms. The molecular formula is C63H40N7+3. The van der Waals surface area contributed by atoms with Gasteiger partial charge in [-0.1, -0.05) is 91.0 Å². The molecule has 19 rings (SSSR count). The van der Waals surface area contributed by atoms with E-state index in [9.17, 15) is 0 Å². The average Bonchev–Trinajstić information content (AvgIpc) is 4.19. The molecule has 2 unspecified atom stereocenters. The van der Waals surface area contributed by atoms with Gasteiger partial charge < -0.3 is 0 Å². The summed E-state index contributed by atoms with van der Waals surface area (Å²) in [5.74, 6) is 2.39. The Bertz CT molecular complexity index is 4540. The first-order chi connectivity index (χ1) is 34.5. The number of fused-ring (bicyclic) bond motifs is 13. The van der Waals surface area contributed by atoms with Gasteiger partial charge in [0.1, 0.15) is 42.5 Å². The molecule has 8 aliphatic rings. The number of aryl methyl sites for hydroxylation is 2. The summed E-state index contributed by atoms with van der Waals surface area (Å²) in [5, 5.41) is 2.37. The standard InChI is InChI=1S/C63H40N7/c1-65-24-26-67-35-62-34-53(45-15-8-6-11-41(45)37-18-20-47(60(65)67)52(62)31-37)63-33-39-32-51(62)44-14-7-5-10-40(44)36-17-19-46-48(28-36)57(69-27-25-66(2)61(46)69)56(63)49-29-38(42-12-3-4-13-43(39)42)30-50-55(49)58-54(16-9-22-70(58)63)68-23-21-64-59(50)68/h3-34H,35H2,1-2H3/q+3/b39-33+,51-32?,53-34-. The van der Waals surface area contributed by atoms with Crippen molar-refractivity contribution >= 4 is 55.4 Å². The third kappa shape index (κ3) is 3.93. The highest BCUT2D eigenvalue weighted by atomic mass is 15.2. The van der Waals surface area contributed by atoms with Gasteiger partial charge in [0.15, 0.2) is 11.9 Å². The van der Waals surface area contributed by atoms with Gasteiger partial charge in [-0.15, -0.1) is 0 Å². The van der Waals surface area contributed by atoms with E-state index in [1.54, 1.807) is 0 Å². The number of nitrogens with zero attached hydrogens (tertiary/aromatic N) is 7. The summed E-state index contributed by atoms with van der Waals surface area (Å²) in [4.78, 5) is 5.19. The van der Waals surface area contributed by atoms with Gasteiger partial charge in [0.05, 0.1) is 41.6 Å². The van der Waals surface area contributed by atoms with E-state index in [-0.39, 0.29) is 0 Å². The summed E-state index contributed by atoms with van der Waals surface area (Å²) in [7, 11) is 4.39. The third-order valence-electron chi connectivity index (χ3n) is 17.3. The van der Waals surface area contributed by atoms with Crippen LogP contribution in [-0.4, -0.2) is 18.5 Å². The summed E-state index contributed by atoms with van der Waals surface area (Å²) in [6.07, 6.45) is 23.7. The van der Waals surface area contributed by atoms with E-state index in [0.717, 1.165) is 16.6 Å². The first-order valence-electron chi connectivity index (χ1n) is 24.4. The molecular weight excluding hydrogens is 855 g/mol. The fourth-order valence-electron chi connectivity index (χ4n) is 14.6. The van der Waals surface area contributed by atoms with Crippen molar-refractivity contribution in [2.75, 3.05) is 0 Å². The Morgan fingerprint density at radius 3 is 2.09 bits per heavy atom. The lowest BCUT2D eigenvalue weighted by Crippen LogP contribution is -2.60. The van der Waals surface area contributed by atoms with Crippen LogP contribution in [0.2, 0.25) is 0 Å². The molecule has 11 aromatic rings. The molecule has 7 heteroatoms. The van der Waals surface area contributed by atoms with Gasteiger partial charge in [0, 0.05) is 46.6 Å². The highest BCUT2D eigenvalue weighted by Crippen LogP contribution is 2.62. The Labute approximate surface area is 402 Å². The van der Waals surface area contributed by atoms with E-state index in [1.807, 2.05) is 6.20 Å². The van der Waals surface area contributed by atoms with Gasteiger partial charge in [0.25, 0.3) is 11.6 Å². The number of hydrogen-bond donors (Lipinski definition) is 0. The maximum absolute atomic E-state index is 5.19. The predicted octanol–water partition coefficient (Wildman–Crippen LogP) is 11.1. The smallest absolute Gasteiger partial charge is 0.294 e. The van der Waals surface area contributed by atoms with E-state index in [2.05, 4.69) is 230 Å². The van der Waals surface area contributed by atoms with Crippen LogP contribution in [0.1, 0.15) is 33.4 Å². The van der Waals surface area contributed by atoms with Crippen LogP contribution in [0.4, 0.5) is 0 Å². The van der Waals surface area contributed by atoms with Crippen molar-refractivity contribution in [3.8, 4) is 56.2 Å². The fourth-order valence-corrected chi connectivity index (χ4v) is 14.6. The summed E-state index contributed by atoms with van der Waals surface area (Å²) in [6, 6.07) is 51.9. The number of rotatable bonds is 0. The number of benzene rings is 6. The summed E-state index contributed by atoms with van der Waals surface area (Å²) < 4.78 is 14.7. The Morgan fingerprint density at radius 1 is 0.557 bits per heavy atom. The van der Waals surface area contributed by atoms with Gasteiger partial charge in [-0.2, -0.15) is 9.13 Å². The summed E-state index contributed by atoms with van der Waals surface area (Å²) in [6.45, 7) is 0.712. The number of imidazole rings is 3. The van der Waals surface area contributed by atoms with Crippen molar-refractivity contribution in [2.24, 2.45) is 14.1 Å². The molecule has 12 bridgehead atoms. The summed E-state index contributed by atoms with van der Waals surface area (Å²) in [5.41, 5.74) is 25.1. The lowest BCUT2D eigenvalue weighted by molar-refractivity contribution is -0.699. The molecule has 70 heavy (non-hydrogen) atoms. The van der Waals surface area contributed by atoms with Crippen LogP contribution in [0.15, 0.2) is 195 Å². The molecule has 7 nitrogen and oxygen atoms in total. The monoisotopic (exact) mass is 894 g/mol. The van der Waals surface area contributed by atoms with Gasteiger partial charge in [-0.25, -0.2) is 18.7 Å². The molecule has 6 aromatic carbocycles. The maximum Gasteiger partial charge on any atom is 0.294 e. The zero-order valence-electron chi connectivity index (χ0n) is 38.3. The zero-order valence-corrected chi connectivity index (χ0v) is 38.3. The van der Waals surface area contributed by atoms with E-state index < -0.39 is 11.0 Å². The molecule has 3 aliphatic heterocycles. The largest absolute Gasteiger partial charge is 0.294 e. The number of allylic oxidation sites excluding steroid dienone is 7. The van der Waals surface area contributed by atoms with Gasteiger partial charge in [-0.3, -0.25) is 4.40 Å². The Kier molecular flexibility index (Phi) is 6.11. The highest BCUT2D eigenvalue weighted by molar-refractivity contribution is 6.21. The van der Waals surface area contributed by atoms with E-state index >= 15 is 0 Å². The van der Waals surface area contributed by atoms with Crippen molar-refractivity contribution < 1.29 is 13.7 Å². The number of aromatic nitrogens is 7. The lowest BCUT2D eigenvalue weighted by atomic mass is 9.59. The van der Waals surface area contributed by atoms with Crippen molar-refractivity contribution in [3.05, 3.63) is 228 Å². The SMILES string of the molecule is Cn1cc[n+]2c1-c1ccc3cc1C1(/C=C(/c4ccccc4-3)C34/C=C5\C=C1c1ccccc1-c1ccc6c(c1)C(=C3c1cc(cc3c1c1c(ccc[n+]14)n1ccnc31)-c1ccccc15)[n+]1ccn(C)c1-6)C2. The Morgan fingerprint density at radius 2 is 1.26 bits per heavy atom. The van der Waals surface area contributed by atoms with Crippen LogP contribution in [0, 0.1) is 0 Å². The van der Waals surface area contributed by atoms with E-state index in [1.165, 1.54) is 128 Å². The predicted molar refractivity (Wildman–Crippen MR) is 275 cm³/mol. The second-order valence-corrected chi connectivity index (χ2v) is 20.5. The number of pyridine rings is 2. The van der Waals surface area contributed by atoms with Crippen molar-refractivity contribution in [3.63, 3.8) is 0 Å². The third-order valence-corrected chi connectivity index (χ3v) is 17.3. The first-order valence-corrected chi connectivity index (χ1v) is 24.4. The molecule has 5 aliphatic carbocycles. The van der Waals surface area contributed by atoms with Crippen LogP contribution >= 0.6 is 0 Å². The van der Waals surface area contributed by atoms with Crippen LogP contribution < -0.4 is 13.7 Å².